The molecule has 3 aromatic rings. The van der Waals surface area contributed by atoms with Crippen LogP contribution >= 0.6 is 34.5 Å². The minimum Gasteiger partial charge on any atom is -0.397 e. The second-order valence-electron chi connectivity index (χ2n) is 6.04. The Kier molecular flexibility index (Phi) is 5.86. The van der Waals surface area contributed by atoms with E-state index in [1.807, 2.05) is 6.92 Å². The molecule has 0 bridgehead atoms. The fraction of sp³-hybridized carbons (Fsp3) is 0.278. The molecule has 1 aromatic carbocycles. The van der Waals surface area contributed by atoms with Gasteiger partial charge in [0.15, 0.2) is 5.78 Å². The van der Waals surface area contributed by atoms with Gasteiger partial charge in [0, 0.05) is 12.5 Å². The minimum atomic E-state index is -0.186. The second kappa shape index (κ2) is 7.98. The molecule has 142 valence electrons. The van der Waals surface area contributed by atoms with Gasteiger partial charge in [-0.3, -0.25) is 4.79 Å². The highest BCUT2D eigenvalue weighted by atomic mass is 35.5. The highest BCUT2D eigenvalue weighted by molar-refractivity contribution is 7.21. The van der Waals surface area contributed by atoms with E-state index in [1.54, 1.807) is 18.2 Å². The fourth-order valence-corrected chi connectivity index (χ4v) is 3.95. The first-order chi connectivity index (χ1) is 12.8. The molecular formula is C18H18Cl2N4O2S. The Morgan fingerprint density at radius 1 is 1.33 bits per heavy atom. The van der Waals surface area contributed by atoms with Crippen LogP contribution in [-0.2, 0) is 0 Å². The van der Waals surface area contributed by atoms with Crippen LogP contribution in [0.4, 0.5) is 11.6 Å². The van der Waals surface area contributed by atoms with Gasteiger partial charge in [-0.2, -0.15) is 0 Å². The molecule has 3 rings (SSSR count). The summed E-state index contributed by atoms with van der Waals surface area (Å²) < 4.78 is 0. The number of aliphatic hydroxyl groups excluding tert-OH is 1. The van der Waals surface area contributed by atoms with E-state index >= 15 is 0 Å². The van der Waals surface area contributed by atoms with Crippen molar-refractivity contribution in [1.82, 2.24) is 9.97 Å². The van der Waals surface area contributed by atoms with E-state index in [2.05, 4.69) is 15.3 Å². The molecule has 2 heterocycles. The number of nitrogens with zero attached hydrogens (tertiary/aromatic N) is 2. The molecular weight excluding hydrogens is 407 g/mol. The number of thiophene rings is 1. The molecule has 0 radical (unpaired) electrons. The molecule has 0 aliphatic carbocycles. The largest absolute Gasteiger partial charge is 0.397 e. The molecule has 0 saturated carbocycles. The summed E-state index contributed by atoms with van der Waals surface area (Å²) >= 11 is 13.4. The third-order valence-electron chi connectivity index (χ3n) is 4.15. The highest BCUT2D eigenvalue weighted by Crippen LogP contribution is 2.40. The Bertz CT molecular complexity index is 1020. The number of aliphatic hydroxyl groups is 1. The molecule has 0 amide bonds. The van der Waals surface area contributed by atoms with Crippen LogP contribution < -0.4 is 11.1 Å². The Hall–Kier alpha value is -1.93. The number of ketones is 1. The number of nitrogens with two attached hydrogens (primary N) is 1. The van der Waals surface area contributed by atoms with Crippen LogP contribution in [0.25, 0.3) is 21.5 Å². The number of anilines is 2. The first-order valence-corrected chi connectivity index (χ1v) is 9.86. The molecule has 2 aromatic heterocycles. The van der Waals surface area contributed by atoms with E-state index in [4.69, 9.17) is 28.9 Å². The zero-order valence-electron chi connectivity index (χ0n) is 14.7. The van der Waals surface area contributed by atoms with Crippen molar-refractivity contribution in [3.8, 4) is 11.3 Å². The minimum absolute atomic E-state index is 0.0503. The summed E-state index contributed by atoms with van der Waals surface area (Å²) in [5.41, 5.74) is 7.85. The van der Waals surface area contributed by atoms with Crippen LogP contribution in [0.2, 0.25) is 10.0 Å². The van der Waals surface area contributed by atoms with Crippen LogP contribution in [0.5, 0.6) is 0 Å². The van der Waals surface area contributed by atoms with Gasteiger partial charge < -0.3 is 16.2 Å². The molecule has 6 nitrogen and oxygen atoms in total. The van der Waals surface area contributed by atoms with E-state index in [0.29, 0.717) is 54.5 Å². The van der Waals surface area contributed by atoms with Crippen LogP contribution in [0.15, 0.2) is 18.2 Å². The standard InChI is InChI=1S/C18H18Cl2N4O2S/c1-3-10(7-25)22-18-23-15(9-4-5-11(19)12(20)6-9)13-14(21)16(8(2)26)27-17(13)24-18/h4-6,10,25H,3,7,21H2,1-2H3,(H,22,23,24)/t10-/m1/s1. The van der Waals surface area contributed by atoms with Crippen molar-refractivity contribution in [3.05, 3.63) is 33.1 Å². The molecule has 0 aliphatic heterocycles. The van der Waals surface area contributed by atoms with Crippen molar-refractivity contribution < 1.29 is 9.90 Å². The summed E-state index contributed by atoms with van der Waals surface area (Å²) in [6, 6.07) is 4.97. The number of carbonyl (C=O) groups excluding carboxylic acids is 1. The number of halogens is 2. The Balaban J connectivity index is 2.26. The number of carbonyl (C=O) groups is 1. The lowest BCUT2D eigenvalue weighted by atomic mass is 10.1. The van der Waals surface area contributed by atoms with Crippen molar-refractivity contribution in [2.24, 2.45) is 0 Å². The summed E-state index contributed by atoms with van der Waals surface area (Å²) in [5, 5.41) is 14.0. The summed E-state index contributed by atoms with van der Waals surface area (Å²) in [7, 11) is 0. The van der Waals surface area contributed by atoms with Crippen molar-refractivity contribution in [2.75, 3.05) is 17.7 Å². The van der Waals surface area contributed by atoms with Gasteiger partial charge in [0.1, 0.15) is 4.83 Å². The molecule has 0 saturated heterocycles. The normalized spacial score (nSPS) is 12.3. The van der Waals surface area contributed by atoms with Gasteiger partial charge in [0.05, 0.1) is 44.3 Å². The first kappa shape index (κ1) is 19.8. The lowest BCUT2D eigenvalue weighted by Crippen LogP contribution is -2.24. The SMILES string of the molecule is CC[C@H](CO)Nc1nc(-c2ccc(Cl)c(Cl)c2)c2c(N)c(C(C)=O)sc2n1. The average molecular weight is 425 g/mol. The van der Waals surface area contributed by atoms with Gasteiger partial charge >= 0.3 is 0 Å². The summed E-state index contributed by atoms with van der Waals surface area (Å²) in [5.74, 6) is 0.215. The smallest absolute Gasteiger partial charge is 0.224 e. The summed E-state index contributed by atoms with van der Waals surface area (Å²) in [6.45, 7) is 3.36. The third kappa shape index (κ3) is 3.87. The summed E-state index contributed by atoms with van der Waals surface area (Å²) in [4.78, 5) is 22.0. The fourth-order valence-electron chi connectivity index (χ4n) is 2.66. The maximum Gasteiger partial charge on any atom is 0.224 e. The van der Waals surface area contributed by atoms with E-state index in [0.717, 1.165) is 0 Å². The van der Waals surface area contributed by atoms with Gasteiger partial charge in [-0.05, 0) is 18.6 Å². The number of rotatable bonds is 6. The maximum absolute atomic E-state index is 11.9. The lowest BCUT2D eigenvalue weighted by molar-refractivity contribution is 0.102. The molecule has 0 aliphatic rings. The predicted molar refractivity (Wildman–Crippen MR) is 112 cm³/mol. The molecule has 4 N–H and O–H groups in total. The quantitative estimate of drug-likeness (QED) is 0.498. The number of fused-ring (bicyclic) bond motifs is 1. The van der Waals surface area contributed by atoms with E-state index in [-0.39, 0.29) is 18.4 Å². The lowest BCUT2D eigenvalue weighted by Gasteiger charge is -2.15. The topological polar surface area (TPSA) is 101 Å². The number of hydrogen-bond acceptors (Lipinski definition) is 7. The van der Waals surface area contributed by atoms with Crippen LogP contribution in [-0.4, -0.2) is 33.5 Å². The van der Waals surface area contributed by atoms with Crippen LogP contribution in [0, 0.1) is 0 Å². The van der Waals surface area contributed by atoms with Crippen molar-refractivity contribution >= 4 is 62.2 Å². The Morgan fingerprint density at radius 3 is 2.67 bits per heavy atom. The van der Waals surface area contributed by atoms with Gasteiger partial charge in [-0.1, -0.05) is 36.2 Å². The molecule has 9 heteroatoms. The van der Waals surface area contributed by atoms with Crippen molar-refractivity contribution in [2.45, 2.75) is 26.3 Å². The van der Waals surface area contributed by atoms with Crippen molar-refractivity contribution in [1.29, 1.82) is 0 Å². The molecule has 27 heavy (non-hydrogen) atoms. The second-order valence-corrected chi connectivity index (χ2v) is 7.85. The predicted octanol–water partition coefficient (Wildman–Crippen LogP) is 4.63. The number of aromatic nitrogens is 2. The maximum atomic E-state index is 11.9. The number of hydrogen-bond donors (Lipinski definition) is 3. The van der Waals surface area contributed by atoms with Gasteiger partial charge in [0.25, 0.3) is 0 Å². The Labute approximate surface area is 170 Å². The monoisotopic (exact) mass is 424 g/mol. The number of Topliss-reactive ketones (excluding diaryl/α,β-unsaturated/α-hetero) is 1. The van der Waals surface area contributed by atoms with Crippen LogP contribution in [0.3, 0.4) is 0 Å². The average Bonchev–Trinajstić information content (AvgIpc) is 2.98. The molecule has 0 fully saturated rings. The van der Waals surface area contributed by atoms with Crippen molar-refractivity contribution in [3.63, 3.8) is 0 Å². The van der Waals surface area contributed by atoms with E-state index in [9.17, 15) is 9.90 Å². The summed E-state index contributed by atoms with van der Waals surface area (Å²) in [6.07, 6.45) is 0.700. The van der Waals surface area contributed by atoms with Gasteiger partial charge in [0.2, 0.25) is 5.95 Å². The molecule has 0 spiro atoms. The van der Waals surface area contributed by atoms with Crippen LogP contribution in [0.1, 0.15) is 29.9 Å². The van der Waals surface area contributed by atoms with Gasteiger partial charge in [-0.25, -0.2) is 9.97 Å². The van der Waals surface area contributed by atoms with E-state index in [1.165, 1.54) is 18.3 Å². The van der Waals surface area contributed by atoms with E-state index < -0.39 is 0 Å². The zero-order valence-corrected chi connectivity index (χ0v) is 17.0. The number of nitrogens with one attached hydrogen (secondary N) is 1. The zero-order chi connectivity index (χ0) is 19.7. The third-order valence-corrected chi connectivity index (χ3v) is 6.09. The highest BCUT2D eigenvalue weighted by Gasteiger charge is 2.21. The Morgan fingerprint density at radius 2 is 2.07 bits per heavy atom. The molecule has 1 atom stereocenters. The van der Waals surface area contributed by atoms with Gasteiger partial charge in [-0.15, -0.1) is 11.3 Å². The first-order valence-electron chi connectivity index (χ1n) is 8.29. The number of nitrogen functional groups attached to an aromatic ring is 1. The number of benzene rings is 1. The molecule has 0 unspecified atom stereocenters.